The summed E-state index contributed by atoms with van der Waals surface area (Å²) in [6.07, 6.45) is 10.8. The maximum Gasteiger partial charge on any atom is 0.274 e. The van der Waals surface area contributed by atoms with Gasteiger partial charge in [0.2, 0.25) is 0 Å². The van der Waals surface area contributed by atoms with Gasteiger partial charge in [0.05, 0.1) is 5.69 Å². The summed E-state index contributed by atoms with van der Waals surface area (Å²) < 4.78 is 16.1. The van der Waals surface area contributed by atoms with Crippen molar-refractivity contribution < 1.29 is 9.18 Å². The number of rotatable bonds is 3. The molecular formula is C25H33FN4O. The first-order valence-electron chi connectivity index (χ1n) is 12.1. The van der Waals surface area contributed by atoms with Gasteiger partial charge in [-0.25, -0.2) is 9.37 Å². The van der Waals surface area contributed by atoms with Gasteiger partial charge in [0.15, 0.2) is 0 Å². The van der Waals surface area contributed by atoms with Gasteiger partial charge < -0.3 is 9.47 Å². The second-order valence-electron chi connectivity index (χ2n) is 9.32. The Morgan fingerprint density at radius 3 is 2.48 bits per heavy atom. The SMILES string of the molecule is O=C(c1nc(-c2cccc(F)c2)n2c1CCCCC2)N1CCN(C2CCCCC2)CC1. The zero-order valence-electron chi connectivity index (χ0n) is 18.4. The Hall–Kier alpha value is -2.21. The van der Waals surface area contributed by atoms with E-state index in [1.54, 1.807) is 6.07 Å². The second kappa shape index (κ2) is 9.11. The van der Waals surface area contributed by atoms with Crippen LogP contribution in [0.3, 0.4) is 0 Å². The number of carbonyl (C=O) groups is 1. The topological polar surface area (TPSA) is 41.4 Å². The number of aromatic nitrogens is 2. The van der Waals surface area contributed by atoms with Gasteiger partial charge in [-0.1, -0.05) is 37.8 Å². The molecule has 1 aromatic carbocycles. The van der Waals surface area contributed by atoms with Gasteiger partial charge in [-0.15, -0.1) is 0 Å². The summed E-state index contributed by atoms with van der Waals surface area (Å²) in [5.41, 5.74) is 2.38. The van der Waals surface area contributed by atoms with E-state index in [0.717, 1.165) is 75.5 Å². The fraction of sp³-hybridized carbons (Fsp3) is 0.600. The lowest BCUT2D eigenvalue weighted by molar-refractivity contribution is 0.0517. The van der Waals surface area contributed by atoms with Crippen molar-refractivity contribution in [3.8, 4) is 11.4 Å². The third-order valence-corrected chi connectivity index (χ3v) is 7.35. The summed E-state index contributed by atoms with van der Waals surface area (Å²) in [5.74, 6) is 0.521. The molecule has 0 N–H and O–H groups in total. The average Bonchev–Trinajstić information content (AvgIpc) is 3.00. The van der Waals surface area contributed by atoms with E-state index in [4.69, 9.17) is 4.98 Å². The smallest absolute Gasteiger partial charge is 0.274 e. The Kier molecular flexibility index (Phi) is 6.08. The molecule has 166 valence electrons. The van der Waals surface area contributed by atoms with Crippen molar-refractivity contribution in [1.29, 1.82) is 0 Å². The number of carbonyl (C=O) groups excluding carboxylic acids is 1. The molecule has 2 fully saturated rings. The van der Waals surface area contributed by atoms with Crippen LogP contribution in [0.25, 0.3) is 11.4 Å². The van der Waals surface area contributed by atoms with Gasteiger partial charge in [0.1, 0.15) is 17.3 Å². The number of piperazine rings is 1. The minimum absolute atomic E-state index is 0.0524. The van der Waals surface area contributed by atoms with E-state index in [-0.39, 0.29) is 11.7 Å². The third kappa shape index (κ3) is 4.27. The first-order chi connectivity index (χ1) is 15.2. The Labute approximate surface area is 184 Å². The van der Waals surface area contributed by atoms with Crippen LogP contribution in [-0.4, -0.2) is 57.5 Å². The van der Waals surface area contributed by atoms with Crippen LogP contribution in [0.15, 0.2) is 24.3 Å². The van der Waals surface area contributed by atoms with Crippen LogP contribution in [-0.2, 0) is 13.0 Å². The highest BCUT2D eigenvalue weighted by molar-refractivity contribution is 5.94. The van der Waals surface area contributed by atoms with E-state index in [0.29, 0.717) is 11.7 Å². The molecule has 3 aliphatic rings. The monoisotopic (exact) mass is 424 g/mol. The lowest BCUT2D eigenvalue weighted by Gasteiger charge is -2.40. The van der Waals surface area contributed by atoms with Crippen molar-refractivity contribution in [2.75, 3.05) is 26.2 Å². The number of amides is 1. The third-order valence-electron chi connectivity index (χ3n) is 7.35. The number of fused-ring (bicyclic) bond motifs is 1. The van der Waals surface area contributed by atoms with E-state index in [1.165, 1.54) is 44.2 Å². The van der Waals surface area contributed by atoms with Gasteiger partial charge >= 0.3 is 0 Å². The van der Waals surface area contributed by atoms with Crippen LogP contribution < -0.4 is 0 Å². The van der Waals surface area contributed by atoms with Gasteiger partial charge in [0.25, 0.3) is 5.91 Å². The Morgan fingerprint density at radius 1 is 0.935 bits per heavy atom. The molecule has 0 bridgehead atoms. The highest BCUT2D eigenvalue weighted by Gasteiger charge is 2.31. The lowest BCUT2D eigenvalue weighted by Crippen LogP contribution is -2.52. The normalized spacial score (nSPS) is 21.0. The molecule has 0 spiro atoms. The zero-order chi connectivity index (χ0) is 21.2. The van der Waals surface area contributed by atoms with E-state index in [1.807, 2.05) is 11.0 Å². The molecular weight excluding hydrogens is 391 g/mol. The van der Waals surface area contributed by atoms with Crippen molar-refractivity contribution in [2.24, 2.45) is 0 Å². The molecule has 1 aromatic heterocycles. The maximum absolute atomic E-state index is 13.9. The number of nitrogens with zero attached hydrogens (tertiary/aromatic N) is 4. The van der Waals surface area contributed by atoms with Crippen molar-refractivity contribution in [1.82, 2.24) is 19.4 Å². The number of benzene rings is 1. The molecule has 0 unspecified atom stereocenters. The lowest BCUT2D eigenvalue weighted by atomic mass is 9.94. The summed E-state index contributed by atoms with van der Waals surface area (Å²) in [6.45, 7) is 4.32. The molecule has 31 heavy (non-hydrogen) atoms. The summed E-state index contributed by atoms with van der Waals surface area (Å²) in [7, 11) is 0. The summed E-state index contributed by atoms with van der Waals surface area (Å²) in [5, 5.41) is 0. The van der Waals surface area contributed by atoms with Crippen molar-refractivity contribution in [3.63, 3.8) is 0 Å². The molecule has 5 rings (SSSR count). The average molecular weight is 425 g/mol. The fourth-order valence-corrected chi connectivity index (χ4v) is 5.63. The van der Waals surface area contributed by atoms with E-state index in [9.17, 15) is 9.18 Å². The van der Waals surface area contributed by atoms with Gasteiger partial charge in [-0.3, -0.25) is 9.69 Å². The zero-order valence-corrected chi connectivity index (χ0v) is 18.4. The minimum Gasteiger partial charge on any atom is -0.335 e. The maximum atomic E-state index is 13.9. The first kappa shape index (κ1) is 20.7. The number of hydrogen-bond donors (Lipinski definition) is 0. The Bertz CT molecular complexity index is 926. The Morgan fingerprint density at radius 2 is 1.71 bits per heavy atom. The van der Waals surface area contributed by atoms with Crippen molar-refractivity contribution >= 4 is 5.91 Å². The highest BCUT2D eigenvalue weighted by atomic mass is 19.1. The summed E-state index contributed by atoms with van der Waals surface area (Å²) in [4.78, 5) is 22.9. The van der Waals surface area contributed by atoms with E-state index in [2.05, 4.69) is 9.47 Å². The van der Waals surface area contributed by atoms with Crippen molar-refractivity contribution in [3.05, 3.63) is 41.5 Å². The molecule has 1 aliphatic carbocycles. The van der Waals surface area contributed by atoms with Crippen LogP contribution in [0.5, 0.6) is 0 Å². The minimum atomic E-state index is -0.268. The molecule has 0 radical (unpaired) electrons. The summed E-state index contributed by atoms with van der Waals surface area (Å²) in [6, 6.07) is 7.29. The van der Waals surface area contributed by atoms with Crippen molar-refractivity contribution in [2.45, 2.75) is 70.4 Å². The molecule has 2 aromatic rings. The van der Waals surface area contributed by atoms with E-state index < -0.39 is 0 Å². The van der Waals surface area contributed by atoms with Crippen LogP contribution in [0.4, 0.5) is 4.39 Å². The molecule has 1 saturated carbocycles. The van der Waals surface area contributed by atoms with Crippen LogP contribution in [0, 0.1) is 5.82 Å². The van der Waals surface area contributed by atoms with Gasteiger partial charge in [-0.05, 0) is 44.2 Å². The van der Waals surface area contributed by atoms with Crippen LogP contribution in [0.1, 0.15) is 67.5 Å². The number of hydrogen-bond acceptors (Lipinski definition) is 3. The standard InChI is InChI=1S/C25H33FN4O/c26-20-9-7-8-19(18-20)24-27-23(22-12-5-2-6-13-30(22)24)25(31)29-16-14-28(15-17-29)21-10-3-1-4-11-21/h7-9,18,21H,1-6,10-17H2. The van der Waals surface area contributed by atoms with Gasteiger partial charge in [-0.2, -0.15) is 0 Å². The predicted octanol–water partition coefficient (Wildman–Crippen LogP) is 4.51. The predicted molar refractivity (Wildman–Crippen MR) is 120 cm³/mol. The fourth-order valence-electron chi connectivity index (χ4n) is 5.63. The molecule has 6 heteroatoms. The number of imidazole rings is 1. The molecule has 1 amide bonds. The quantitative estimate of drug-likeness (QED) is 0.728. The summed E-state index contributed by atoms with van der Waals surface area (Å²) >= 11 is 0. The Balaban J connectivity index is 1.38. The largest absolute Gasteiger partial charge is 0.335 e. The molecule has 2 aliphatic heterocycles. The second-order valence-corrected chi connectivity index (χ2v) is 9.32. The molecule has 3 heterocycles. The molecule has 5 nitrogen and oxygen atoms in total. The van der Waals surface area contributed by atoms with Crippen LogP contribution in [0.2, 0.25) is 0 Å². The molecule has 0 atom stereocenters. The van der Waals surface area contributed by atoms with Gasteiger partial charge in [0, 0.05) is 44.3 Å². The van der Waals surface area contributed by atoms with E-state index >= 15 is 0 Å². The first-order valence-corrected chi connectivity index (χ1v) is 12.1. The highest BCUT2D eigenvalue weighted by Crippen LogP contribution is 2.29. The molecule has 1 saturated heterocycles. The number of halogens is 1. The van der Waals surface area contributed by atoms with Crippen LogP contribution >= 0.6 is 0 Å².